The summed E-state index contributed by atoms with van der Waals surface area (Å²) >= 11 is 0. The highest BCUT2D eigenvalue weighted by atomic mass is 16.5. The summed E-state index contributed by atoms with van der Waals surface area (Å²) in [4.78, 5) is 29.0. The van der Waals surface area contributed by atoms with E-state index in [4.69, 9.17) is 4.74 Å². The van der Waals surface area contributed by atoms with Crippen LogP contribution in [0.1, 0.15) is 32.1 Å². The summed E-state index contributed by atoms with van der Waals surface area (Å²) in [6.07, 6.45) is 4.89. The number of nitrogens with zero attached hydrogens (tertiary/aromatic N) is 2. The van der Waals surface area contributed by atoms with Crippen molar-refractivity contribution in [2.75, 3.05) is 18.0 Å². The summed E-state index contributed by atoms with van der Waals surface area (Å²) in [5, 5.41) is 0. The molecule has 2 aliphatic rings. The fourth-order valence-corrected chi connectivity index (χ4v) is 3.87. The number of hydrogen-bond donors (Lipinski definition) is 0. The first-order chi connectivity index (χ1) is 13.2. The van der Waals surface area contributed by atoms with E-state index in [1.54, 1.807) is 24.3 Å². The highest BCUT2D eigenvalue weighted by molar-refractivity contribution is 6.22. The van der Waals surface area contributed by atoms with Crippen LogP contribution in [0.3, 0.4) is 0 Å². The highest BCUT2D eigenvalue weighted by Gasteiger charge is 2.42. The quantitative estimate of drug-likeness (QED) is 0.770. The number of carbonyl (C=O) groups is 2. The van der Waals surface area contributed by atoms with Crippen molar-refractivity contribution in [3.05, 3.63) is 54.6 Å². The van der Waals surface area contributed by atoms with Crippen LogP contribution in [-0.4, -0.2) is 35.8 Å². The van der Waals surface area contributed by atoms with Crippen LogP contribution in [0.2, 0.25) is 0 Å². The summed E-state index contributed by atoms with van der Waals surface area (Å²) < 4.78 is 5.78. The van der Waals surface area contributed by atoms with Crippen molar-refractivity contribution in [1.82, 2.24) is 4.90 Å². The summed E-state index contributed by atoms with van der Waals surface area (Å²) in [5.74, 6) is 1.21. The van der Waals surface area contributed by atoms with Crippen LogP contribution < -0.4 is 9.64 Å². The smallest absolute Gasteiger partial charge is 0.251 e. The van der Waals surface area contributed by atoms with Gasteiger partial charge in [-0.2, -0.15) is 0 Å². The van der Waals surface area contributed by atoms with E-state index in [-0.39, 0.29) is 24.3 Å². The number of para-hydroxylation sites is 1. The largest absolute Gasteiger partial charge is 0.457 e. The fourth-order valence-electron chi connectivity index (χ4n) is 3.87. The van der Waals surface area contributed by atoms with Crippen LogP contribution in [-0.2, 0) is 9.59 Å². The van der Waals surface area contributed by atoms with Gasteiger partial charge in [-0.3, -0.25) is 14.5 Å². The van der Waals surface area contributed by atoms with Crippen molar-refractivity contribution >= 4 is 17.5 Å². The Kier molecular flexibility index (Phi) is 5.21. The molecule has 0 radical (unpaired) electrons. The maximum Gasteiger partial charge on any atom is 0.251 e. The lowest BCUT2D eigenvalue weighted by molar-refractivity contribution is -0.122. The van der Waals surface area contributed by atoms with E-state index >= 15 is 0 Å². The maximum atomic E-state index is 12.9. The molecule has 0 unspecified atom stereocenters. The first-order valence-electron chi connectivity index (χ1n) is 9.66. The Morgan fingerprint density at radius 3 is 2.07 bits per heavy atom. The fraction of sp³-hybridized carbons (Fsp3) is 0.364. The van der Waals surface area contributed by atoms with Gasteiger partial charge in [0.2, 0.25) is 5.91 Å². The predicted octanol–water partition coefficient (Wildman–Crippen LogP) is 3.99. The monoisotopic (exact) mass is 364 g/mol. The number of rotatable bonds is 4. The second-order valence-electron chi connectivity index (χ2n) is 7.15. The first kappa shape index (κ1) is 17.7. The van der Waals surface area contributed by atoms with Crippen molar-refractivity contribution in [1.29, 1.82) is 0 Å². The van der Waals surface area contributed by atoms with E-state index in [0.29, 0.717) is 11.4 Å². The standard InChI is InChI=1S/C22H24N2O3/c25-21-16-20(23-14-6-1-2-7-15-23)22(26)24(21)17-10-12-19(13-11-17)27-18-8-4-3-5-9-18/h3-5,8-13,20H,1-2,6-7,14-16H2/t20-/m1/s1. The highest BCUT2D eigenvalue weighted by Crippen LogP contribution is 2.29. The van der Waals surface area contributed by atoms with Gasteiger partial charge in [-0.05, 0) is 62.3 Å². The van der Waals surface area contributed by atoms with Crippen LogP contribution in [0, 0.1) is 0 Å². The van der Waals surface area contributed by atoms with E-state index in [1.165, 1.54) is 17.7 Å². The molecule has 5 nitrogen and oxygen atoms in total. The van der Waals surface area contributed by atoms with Gasteiger partial charge in [0.05, 0.1) is 18.2 Å². The molecule has 2 aromatic carbocycles. The Morgan fingerprint density at radius 1 is 0.778 bits per heavy atom. The Morgan fingerprint density at radius 2 is 1.41 bits per heavy atom. The third-order valence-electron chi connectivity index (χ3n) is 5.28. The second-order valence-corrected chi connectivity index (χ2v) is 7.15. The van der Waals surface area contributed by atoms with Gasteiger partial charge in [0.25, 0.3) is 5.91 Å². The molecule has 2 fully saturated rings. The van der Waals surface area contributed by atoms with E-state index in [9.17, 15) is 9.59 Å². The van der Waals surface area contributed by atoms with Crippen molar-refractivity contribution in [3.63, 3.8) is 0 Å². The van der Waals surface area contributed by atoms with Gasteiger partial charge in [0.15, 0.2) is 0 Å². The third kappa shape index (κ3) is 3.88. The number of likely N-dealkylation sites (tertiary alicyclic amines) is 1. The minimum atomic E-state index is -0.309. The molecule has 0 spiro atoms. The normalized spacial score (nSPS) is 21.3. The van der Waals surface area contributed by atoms with Crippen molar-refractivity contribution in [2.24, 2.45) is 0 Å². The van der Waals surface area contributed by atoms with E-state index in [2.05, 4.69) is 4.90 Å². The zero-order valence-corrected chi connectivity index (χ0v) is 15.3. The molecule has 0 aliphatic carbocycles. The Labute approximate surface area is 159 Å². The molecule has 2 aromatic rings. The molecule has 1 atom stereocenters. The molecule has 27 heavy (non-hydrogen) atoms. The molecular formula is C22H24N2O3. The predicted molar refractivity (Wildman–Crippen MR) is 104 cm³/mol. The van der Waals surface area contributed by atoms with Gasteiger partial charge < -0.3 is 4.74 Å². The van der Waals surface area contributed by atoms with Crippen LogP contribution in [0.25, 0.3) is 0 Å². The van der Waals surface area contributed by atoms with Crippen molar-refractivity contribution in [2.45, 2.75) is 38.1 Å². The average molecular weight is 364 g/mol. The molecule has 2 heterocycles. The minimum Gasteiger partial charge on any atom is -0.457 e. The molecule has 0 aromatic heterocycles. The maximum absolute atomic E-state index is 12.9. The van der Waals surface area contributed by atoms with Gasteiger partial charge >= 0.3 is 0 Å². The Bertz CT molecular complexity index is 796. The van der Waals surface area contributed by atoms with Crippen LogP contribution in [0.5, 0.6) is 11.5 Å². The van der Waals surface area contributed by atoms with Crippen molar-refractivity contribution in [3.8, 4) is 11.5 Å². The van der Waals surface area contributed by atoms with Gasteiger partial charge in [-0.15, -0.1) is 0 Å². The number of anilines is 1. The minimum absolute atomic E-state index is 0.0985. The molecule has 4 rings (SSSR count). The zero-order chi connectivity index (χ0) is 18.6. The van der Waals surface area contributed by atoms with Gasteiger partial charge in [0, 0.05) is 0 Å². The van der Waals surface area contributed by atoms with Gasteiger partial charge in [-0.1, -0.05) is 31.0 Å². The number of benzene rings is 2. The molecular weight excluding hydrogens is 340 g/mol. The van der Waals surface area contributed by atoms with Gasteiger partial charge in [0.1, 0.15) is 11.5 Å². The van der Waals surface area contributed by atoms with E-state index in [1.807, 2.05) is 30.3 Å². The lowest BCUT2D eigenvalue weighted by Gasteiger charge is -2.25. The molecule has 5 heteroatoms. The lowest BCUT2D eigenvalue weighted by atomic mass is 10.2. The molecule has 0 saturated carbocycles. The molecule has 2 aliphatic heterocycles. The number of hydrogen-bond acceptors (Lipinski definition) is 4. The summed E-state index contributed by atoms with van der Waals surface area (Å²) in [7, 11) is 0. The average Bonchev–Trinajstić information content (AvgIpc) is 2.87. The third-order valence-corrected chi connectivity index (χ3v) is 5.28. The van der Waals surface area contributed by atoms with E-state index < -0.39 is 0 Å². The second kappa shape index (κ2) is 7.92. The molecule has 0 N–H and O–H groups in total. The van der Waals surface area contributed by atoms with E-state index in [0.717, 1.165) is 31.7 Å². The van der Waals surface area contributed by atoms with Crippen LogP contribution >= 0.6 is 0 Å². The number of carbonyl (C=O) groups excluding carboxylic acids is 2. The topological polar surface area (TPSA) is 49.9 Å². The summed E-state index contributed by atoms with van der Waals surface area (Å²) in [6, 6.07) is 16.3. The lowest BCUT2D eigenvalue weighted by Crippen LogP contribution is -2.42. The number of imide groups is 1. The summed E-state index contributed by atoms with van der Waals surface area (Å²) in [6.45, 7) is 1.81. The molecule has 0 bridgehead atoms. The summed E-state index contributed by atoms with van der Waals surface area (Å²) in [5.41, 5.74) is 0.614. The zero-order valence-electron chi connectivity index (χ0n) is 15.3. The SMILES string of the molecule is O=C1C[C@@H](N2CCCCCC2)C(=O)N1c1ccc(Oc2ccccc2)cc1. The van der Waals surface area contributed by atoms with Crippen molar-refractivity contribution < 1.29 is 14.3 Å². The van der Waals surface area contributed by atoms with Gasteiger partial charge in [-0.25, -0.2) is 4.90 Å². The molecule has 2 saturated heterocycles. The Hall–Kier alpha value is -2.66. The molecule has 2 amide bonds. The Balaban J connectivity index is 1.47. The van der Waals surface area contributed by atoms with Crippen LogP contribution in [0.4, 0.5) is 5.69 Å². The number of amides is 2. The first-order valence-corrected chi connectivity index (χ1v) is 9.66. The number of ether oxygens (including phenoxy) is 1. The molecule has 140 valence electrons. The van der Waals surface area contributed by atoms with Crippen LogP contribution in [0.15, 0.2) is 54.6 Å².